The van der Waals surface area contributed by atoms with Gasteiger partial charge in [0.05, 0.1) is 5.39 Å². The number of likely N-dealkylation sites (tertiary alicyclic amines) is 2. The molecular formula is C20H30N6O3. The smallest absolute Gasteiger partial charge is 0.164 e. The van der Waals surface area contributed by atoms with Gasteiger partial charge in [-0.2, -0.15) is 0 Å². The lowest BCUT2D eigenvalue weighted by molar-refractivity contribution is -0.0569. The van der Waals surface area contributed by atoms with Crippen molar-refractivity contribution in [1.29, 1.82) is 0 Å². The highest BCUT2D eigenvalue weighted by atomic mass is 16.6. The summed E-state index contributed by atoms with van der Waals surface area (Å²) in [7, 11) is 2.18. The predicted octanol–water partition coefficient (Wildman–Crippen LogP) is 0.193. The van der Waals surface area contributed by atoms with Crippen LogP contribution in [0.3, 0.4) is 0 Å². The van der Waals surface area contributed by atoms with Gasteiger partial charge in [-0.25, -0.2) is 9.97 Å². The molecule has 158 valence electrons. The number of aromatic nitrogens is 3. The van der Waals surface area contributed by atoms with Crippen molar-refractivity contribution in [2.75, 3.05) is 39.0 Å². The second kappa shape index (κ2) is 7.17. The number of rotatable bonds is 3. The Bertz CT molecular complexity index is 880. The number of aliphatic hydroxyl groups excluding tert-OH is 2. The maximum absolute atomic E-state index is 10.8. The fraction of sp³-hybridized carbons (Fsp3) is 0.700. The molecule has 0 saturated carbocycles. The molecule has 3 aliphatic heterocycles. The van der Waals surface area contributed by atoms with Gasteiger partial charge in [-0.3, -0.25) is 4.90 Å². The predicted molar refractivity (Wildman–Crippen MR) is 108 cm³/mol. The zero-order valence-corrected chi connectivity index (χ0v) is 16.8. The summed E-state index contributed by atoms with van der Waals surface area (Å²) in [5.41, 5.74) is 6.74. The van der Waals surface area contributed by atoms with Gasteiger partial charge in [-0.15, -0.1) is 0 Å². The fourth-order valence-corrected chi connectivity index (χ4v) is 5.40. The molecule has 3 fully saturated rings. The molecule has 2 aromatic heterocycles. The second-order valence-electron chi connectivity index (χ2n) is 8.84. The van der Waals surface area contributed by atoms with Crippen LogP contribution in [0, 0.1) is 0 Å². The molecule has 4 atom stereocenters. The Morgan fingerprint density at radius 1 is 1.17 bits per heavy atom. The molecule has 0 aliphatic carbocycles. The highest BCUT2D eigenvalue weighted by Crippen LogP contribution is 2.40. The lowest BCUT2D eigenvalue weighted by atomic mass is 9.85. The third-order valence-electron chi connectivity index (χ3n) is 7.21. The Hall–Kier alpha value is -1.78. The van der Waals surface area contributed by atoms with Gasteiger partial charge in [0.2, 0.25) is 0 Å². The van der Waals surface area contributed by atoms with E-state index in [1.165, 1.54) is 19.2 Å². The third kappa shape index (κ3) is 3.12. The normalized spacial score (nSPS) is 33.2. The minimum atomic E-state index is -1.03. The Labute approximate surface area is 170 Å². The van der Waals surface area contributed by atoms with E-state index in [1.54, 1.807) is 10.8 Å². The Balaban J connectivity index is 1.35. The molecule has 9 heteroatoms. The van der Waals surface area contributed by atoms with Crippen LogP contribution in [0.1, 0.15) is 31.9 Å². The molecule has 0 aromatic carbocycles. The first-order valence-corrected chi connectivity index (χ1v) is 10.5. The van der Waals surface area contributed by atoms with E-state index >= 15 is 0 Å². The molecule has 29 heavy (non-hydrogen) atoms. The molecule has 3 aliphatic rings. The molecule has 5 heterocycles. The monoisotopic (exact) mass is 402 g/mol. The minimum absolute atomic E-state index is 0.209. The quantitative estimate of drug-likeness (QED) is 0.667. The number of aliphatic hydroxyl groups is 2. The summed E-state index contributed by atoms with van der Waals surface area (Å²) in [6, 6.07) is 1.81. The summed E-state index contributed by atoms with van der Waals surface area (Å²) in [5, 5.41) is 22.2. The summed E-state index contributed by atoms with van der Waals surface area (Å²) < 4.78 is 7.95. The number of anilines is 1. The van der Waals surface area contributed by atoms with E-state index in [2.05, 4.69) is 26.8 Å². The first-order chi connectivity index (χ1) is 14.0. The van der Waals surface area contributed by atoms with Crippen molar-refractivity contribution in [3.8, 4) is 0 Å². The SMILES string of the molecule is CN1CCC2(CCCN2C[C@H]2O[C@@H](n3ccc4c(N)ncnc43)[C@H](O)[C@@H]2O)CC1. The maximum atomic E-state index is 10.8. The van der Waals surface area contributed by atoms with Crippen LogP contribution in [0.4, 0.5) is 5.82 Å². The summed E-state index contributed by atoms with van der Waals surface area (Å²) in [5.74, 6) is 0.389. The second-order valence-corrected chi connectivity index (χ2v) is 8.84. The minimum Gasteiger partial charge on any atom is -0.387 e. The lowest BCUT2D eigenvalue weighted by Crippen LogP contribution is -2.54. The van der Waals surface area contributed by atoms with Crippen molar-refractivity contribution < 1.29 is 14.9 Å². The van der Waals surface area contributed by atoms with Crippen LogP contribution in [0.2, 0.25) is 0 Å². The van der Waals surface area contributed by atoms with Crippen molar-refractivity contribution in [2.24, 2.45) is 0 Å². The number of hydrogen-bond donors (Lipinski definition) is 3. The number of nitrogen functional groups attached to an aromatic ring is 1. The average molecular weight is 402 g/mol. The number of hydrogen-bond acceptors (Lipinski definition) is 8. The molecule has 2 aromatic rings. The number of piperidine rings is 1. The third-order valence-corrected chi connectivity index (χ3v) is 7.21. The first-order valence-electron chi connectivity index (χ1n) is 10.5. The van der Waals surface area contributed by atoms with E-state index in [4.69, 9.17) is 10.5 Å². The van der Waals surface area contributed by atoms with Gasteiger partial charge in [-0.05, 0) is 58.4 Å². The molecule has 0 bridgehead atoms. The standard InChI is InChI=1S/C20H30N6O3/c1-24-9-5-20(6-10-24)4-2-7-25(20)11-14-15(27)16(28)19(29-14)26-8-3-13-17(21)22-12-23-18(13)26/h3,8,12,14-16,19,27-28H,2,4-7,9-11H2,1H3,(H2,21,22,23)/t14-,15-,16-,19-/m1/s1. The van der Waals surface area contributed by atoms with Crippen LogP contribution < -0.4 is 5.73 Å². The van der Waals surface area contributed by atoms with Crippen LogP contribution >= 0.6 is 0 Å². The van der Waals surface area contributed by atoms with Crippen LogP contribution in [-0.2, 0) is 4.74 Å². The first kappa shape index (κ1) is 19.2. The van der Waals surface area contributed by atoms with E-state index in [9.17, 15) is 10.2 Å². The Morgan fingerprint density at radius 2 is 1.97 bits per heavy atom. The maximum Gasteiger partial charge on any atom is 0.164 e. The number of nitrogens with zero attached hydrogens (tertiary/aromatic N) is 5. The summed E-state index contributed by atoms with van der Waals surface area (Å²) >= 11 is 0. The highest BCUT2D eigenvalue weighted by Gasteiger charge is 2.49. The number of fused-ring (bicyclic) bond motifs is 1. The van der Waals surface area contributed by atoms with Crippen molar-refractivity contribution in [3.63, 3.8) is 0 Å². The van der Waals surface area contributed by atoms with Gasteiger partial charge in [0.15, 0.2) is 6.23 Å². The van der Waals surface area contributed by atoms with Crippen molar-refractivity contribution in [2.45, 2.75) is 55.8 Å². The van der Waals surface area contributed by atoms with E-state index in [0.29, 0.717) is 23.4 Å². The van der Waals surface area contributed by atoms with E-state index in [-0.39, 0.29) is 5.54 Å². The Morgan fingerprint density at radius 3 is 2.76 bits per heavy atom. The molecule has 4 N–H and O–H groups in total. The molecule has 3 saturated heterocycles. The largest absolute Gasteiger partial charge is 0.387 e. The van der Waals surface area contributed by atoms with Crippen molar-refractivity contribution in [3.05, 3.63) is 18.6 Å². The molecule has 0 radical (unpaired) electrons. The van der Waals surface area contributed by atoms with E-state index in [1.807, 2.05) is 6.07 Å². The van der Waals surface area contributed by atoms with Gasteiger partial charge < -0.3 is 30.2 Å². The zero-order chi connectivity index (χ0) is 20.2. The molecule has 9 nitrogen and oxygen atoms in total. The van der Waals surface area contributed by atoms with Crippen molar-refractivity contribution >= 4 is 16.9 Å². The van der Waals surface area contributed by atoms with Gasteiger partial charge >= 0.3 is 0 Å². The zero-order valence-electron chi connectivity index (χ0n) is 16.8. The molecule has 0 amide bonds. The van der Waals surface area contributed by atoms with Gasteiger partial charge in [-0.1, -0.05) is 0 Å². The molecule has 5 rings (SSSR count). The van der Waals surface area contributed by atoms with Gasteiger partial charge in [0.1, 0.15) is 36.1 Å². The lowest BCUT2D eigenvalue weighted by Gasteiger charge is -2.45. The van der Waals surface area contributed by atoms with Crippen LogP contribution in [-0.4, -0.2) is 91.6 Å². The highest BCUT2D eigenvalue weighted by molar-refractivity contribution is 5.86. The summed E-state index contributed by atoms with van der Waals surface area (Å²) in [6.45, 7) is 3.86. The van der Waals surface area contributed by atoms with E-state index in [0.717, 1.165) is 32.5 Å². The number of ether oxygens (including phenoxy) is 1. The van der Waals surface area contributed by atoms with Crippen LogP contribution in [0.5, 0.6) is 0 Å². The fourth-order valence-electron chi connectivity index (χ4n) is 5.40. The van der Waals surface area contributed by atoms with Gasteiger partial charge in [0.25, 0.3) is 0 Å². The Kier molecular flexibility index (Phi) is 4.75. The van der Waals surface area contributed by atoms with Crippen LogP contribution in [0.15, 0.2) is 18.6 Å². The van der Waals surface area contributed by atoms with Crippen LogP contribution in [0.25, 0.3) is 11.0 Å². The van der Waals surface area contributed by atoms with E-state index < -0.39 is 24.5 Å². The van der Waals surface area contributed by atoms with Gasteiger partial charge in [0, 0.05) is 18.3 Å². The molecule has 1 spiro atoms. The number of nitrogens with two attached hydrogens (primary N) is 1. The topological polar surface area (TPSA) is 113 Å². The average Bonchev–Trinajstić information content (AvgIpc) is 3.38. The summed E-state index contributed by atoms with van der Waals surface area (Å²) in [6.07, 6.45) is 4.76. The molecule has 0 unspecified atom stereocenters. The summed E-state index contributed by atoms with van der Waals surface area (Å²) in [4.78, 5) is 13.2. The van der Waals surface area contributed by atoms with Crippen molar-refractivity contribution in [1.82, 2.24) is 24.3 Å². The molecular weight excluding hydrogens is 372 g/mol.